The molecule has 0 aliphatic rings. The van der Waals surface area contributed by atoms with Crippen molar-refractivity contribution in [1.29, 1.82) is 0 Å². The van der Waals surface area contributed by atoms with Crippen LogP contribution in [0.25, 0.3) is 10.9 Å². The number of nitrogen functional groups attached to an aromatic ring is 1. The Labute approximate surface area is 191 Å². The lowest BCUT2D eigenvalue weighted by atomic mass is 10.1. The summed E-state index contributed by atoms with van der Waals surface area (Å²) in [6, 6.07) is 9.35. The van der Waals surface area contributed by atoms with Crippen molar-refractivity contribution in [3.05, 3.63) is 69.5 Å². The summed E-state index contributed by atoms with van der Waals surface area (Å²) in [5, 5.41) is 11.8. The third-order valence-electron chi connectivity index (χ3n) is 5.66. The molecule has 4 N–H and O–H groups in total. The predicted octanol–water partition coefficient (Wildman–Crippen LogP) is 5.04. The van der Waals surface area contributed by atoms with E-state index in [1.54, 1.807) is 0 Å². The molecule has 0 radical (unpaired) electrons. The maximum absolute atomic E-state index is 15.6. The van der Waals surface area contributed by atoms with Gasteiger partial charge in [0, 0.05) is 19.3 Å². The maximum Gasteiger partial charge on any atom is 0.341 e. The van der Waals surface area contributed by atoms with Gasteiger partial charge in [0.1, 0.15) is 11.3 Å². The normalized spacial score (nSPS) is 11.3. The summed E-state index contributed by atoms with van der Waals surface area (Å²) in [4.78, 5) is 24.4. The highest BCUT2D eigenvalue weighted by atomic mass is 19.1. The molecule has 0 aliphatic heterocycles. The number of aromatic carboxylic acids is 1. The van der Waals surface area contributed by atoms with Gasteiger partial charge < -0.3 is 20.7 Å². The number of hydrogen-bond donors (Lipinski definition) is 3. The summed E-state index contributed by atoms with van der Waals surface area (Å²) in [6.07, 6.45) is 4.17. The van der Waals surface area contributed by atoms with Crippen LogP contribution in [0.4, 0.5) is 20.2 Å². The molecule has 0 saturated heterocycles. The lowest BCUT2D eigenvalue weighted by molar-refractivity contribution is 0.0694. The molecule has 0 unspecified atom stereocenters. The molecule has 3 rings (SSSR count). The molecule has 0 spiro atoms. The number of benzene rings is 2. The summed E-state index contributed by atoms with van der Waals surface area (Å²) in [5.41, 5.74) is 4.10. The predicted molar refractivity (Wildman–Crippen MR) is 127 cm³/mol. The van der Waals surface area contributed by atoms with E-state index in [2.05, 4.69) is 19.2 Å². The van der Waals surface area contributed by atoms with Gasteiger partial charge in [0.15, 0.2) is 11.6 Å². The van der Waals surface area contributed by atoms with Crippen LogP contribution < -0.4 is 16.5 Å². The average molecular weight is 458 g/mol. The first-order valence-corrected chi connectivity index (χ1v) is 11.1. The van der Waals surface area contributed by atoms with Crippen LogP contribution >= 0.6 is 0 Å². The molecular formula is C25H29F2N3O3. The fourth-order valence-corrected chi connectivity index (χ4v) is 3.88. The quantitative estimate of drug-likeness (QED) is 0.293. The summed E-state index contributed by atoms with van der Waals surface area (Å²) >= 11 is 0. The number of carboxylic acids is 1. The molecule has 3 aromatic rings. The Kier molecular flexibility index (Phi) is 7.68. The van der Waals surface area contributed by atoms with E-state index in [4.69, 9.17) is 5.73 Å². The number of aryl methyl sites for hydroxylation is 2. The highest BCUT2D eigenvalue weighted by molar-refractivity contribution is 5.99. The van der Waals surface area contributed by atoms with Gasteiger partial charge in [-0.1, -0.05) is 57.0 Å². The number of unbranched alkanes of at least 4 members (excludes halogenated alkanes) is 1. The second-order valence-electron chi connectivity index (χ2n) is 8.56. The molecule has 0 saturated carbocycles. The average Bonchev–Trinajstić information content (AvgIpc) is 2.78. The molecule has 0 atom stereocenters. The first-order chi connectivity index (χ1) is 15.7. The molecule has 0 bridgehead atoms. The Balaban J connectivity index is 2.07. The summed E-state index contributed by atoms with van der Waals surface area (Å²) in [5.74, 6) is -2.99. The van der Waals surface area contributed by atoms with Gasteiger partial charge in [0.25, 0.3) is 0 Å². The van der Waals surface area contributed by atoms with Crippen molar-refractivity contribution in [2.24, 2.45) is 5.92 Å². The van der Waals surface area contributed by atoms with Crippen LogP contribution in [0.15, 0.2) is 41.3 Å². The van der Waals surface area contributed by atoms with Crippen molar-refractivity contribution in [2.45, 2.75) is 46.1 Å². The largest absolute Gasteiger partial charge is 0.477 e. The number of fused-ring (bicyclic) bond motifs is 1. The first kappa shape index (κ1) is 24.2. The molecule has 2 aromatic carbocycles. The van der Waals surface area contributed by atoms with E-state index in [1.807, 2.05) is 30.3 Å². The number of hydrogen-bond acceptors (Lipinski definition) is 4. The zero-order valence-corrected chi connectivity index (χ0v) is 18.8. The monoisotopic (exact) mass is 457 g/mol. The standard InChI is InChI=1S/C25H29F2N3O3/c1-15(2)8-6-7-12-29-22-19(26)21(28)18-23(20(22)27)30(14-17(24(18)31)25(32)33)13-11-16-9-4-3-5-10-16/h3-5,9-10,14-15,29H,6-8,11-13,28H2,1-2H3,(H,32,33). The number of carboxylic acid groups (broad SMARTS) is 1. The van der Waals surface area contributed by atoms with Crippen molar-refractivity contribution >= 4 is 28.2 Å². The molecular weight excluding hydrogens is 428 g/mol. The minimum atomic E-state index is -1.48. The number of nitrogens with one attached hydrogen (secondary N) is 1. The number of anilines is 2. The van der Waals surface area contributed by atoms with E-state index >= 15 is 8.78 Å². The van der Waals surface area contributed by atoms with Gasteiger partial charge in [-0.05, 0) is 24.3 Å². The van der Waals surface area contributed by atoms with E-state index in [9.17, 15) is 14.7 Å². The highest BCUT2D eigenvalue weighted by Crippen LogP contribution is 2.33. The molecule has 176 valence electrons. The summed E-state index contributed by atoms with van der Waals surface area (Å²) < 4.78 is 31.9. The zero-order valence-electron chi connectivity index (χ0n) is 18.8. The number of carbonyl (C=O) groups is 1. The minimum Gasteiger partial charge on any atom is -0.477 e. The number of nitrogens with two attached hydrogens (primary N) is 1. The van der Waals surface area contributed by atoms with Gasteiger partial charge in [-0.25, -0.2) is 13.6 Å². The third-order valence-corrected chi connectivity index (χ3v) is 5.66. The highest BCUT2D eigenvalue weighted by Gasteiger charge is 2.25. The topological polar surface area (TPSA) is 97.3 Å². The minimum absolute atomic E-state index is 0.177. The lowest BCUT2D eigenvalue weighted by Crippen LogP contribution is -2.22. The Morgan fingerprint density at radius 3 is 2.48 bits per heavy atom. The van der Waals surface area contributed by atoms with Crippen LogP contribution in [-0.4, -0.2) is 22.2 Å². The fraction of sp³-hybridized carbons (Fsp3) is 0.360. The molecule has 1 aromatic heterocycles. The molecule has 1 heterocycles. The van der Waals surface area contributed by atoms with Crippen LogP contribution in [0.2, 0.25) is 0 Å². The van der Waals surface area contributed by atoms with Crippen molar-refractivity contribution in [3.8, 4) is 0 Å². The van der Waals surface area contributed by atoms with Crippen molar-refractivity contribution < 1.29 is 18.7 Å². The van der Waals surface area contributed by atoms with Crippen molar-refractivity contribution in [1.82, 2.24) is 4.57 Å². The summed E-state index contributed by atoms with van der Waals surface area (Å²) in [7, 11) is 0. The van der Waals surface area contributed by atoms with Crippen molar-refractivity contribution in [2.75, 3.05) is 17.6 Å². The SMILES string of the molecule is CC(C)CCCCNc1c(F)c(N)c2c(=O)c(C(=O)O)cn(CCc3ccccc3)c2c1F. The second-order valence-corrected chi connectivity index (χ2v) is 8.56. The zero-order chi connectivity index (χ0) is 24.1. The van der Waals surface area contributed by atoms with E-state index < -0.39 is 45.4 Å². The Morgan fingerprint density at radius 2 is 1.85 bits per heavy atom. The number of rotatable bonds is 10. The smallest absolute Gasteiger partial charge is 0.341 e. The second kappa shape index (κ2) is 10.5. The number of nitrogens with zero attached hydrogens (tertiary/aromatic N) is 1. The number of pyridine rings is 1. The Hall–Kier alpha value is -3.42. The van der Waals surface area contributed by atoms with E-state index in [1.165, 1.54) is 4.57 Å². The van der Waals surface area contributed by atoms with Crippen LogP contribution in [0.3, 0.4) is 0 Å². The molecule has 6 nitrogen and oxygen atoms in total. The van der Waals surface area contributed by atoms with E-state index in [-0.39, 0.29) is 12.1 Å². The Morgan fingerprint density at radius 1 is 1.15 bits per heavy atom. The van der Waals surface area contributed by atoms with Crippen LogP contribution in [-0.2, 0) is 13.0 Å². The molecule has 33 heavy (non-hydrogen) atoms. The van der Waals surface area contributed by atoms with Gasteiger partial charge >= 0.3 is 5.97 Å². The van der Waals surface area contributed by atoms with E-state index in [0.29, 0.717) is 25.3 Å². The molecule has 0 aliphatic carbocycles. The summed E-state index contributed by atoms with van der Waals surface area (Å²) in [6.45, 7) is 4.73. The fourth-order valence-electron chi connectivity index (χ4n) is 3.88. The van der Waals surface area contributed by atoms with Gasteiger partial charge in [-0.2, -0.15) is 0 Å². The van der Waals surface area contributed by atoms with Gasteiger partial charge in [-0.3, -0.25) is 4.79 Å². The van der Waals surface area contributed by atoms with E-state index in [0.717, 1.165) is 24.6 Å². The van der Waals surface area contributed by atoms with Gasteiger partial charge in [-0.15, -0.1) is 0 Å². The maximum atomic E-state index is 15.6. The Bertz CT molecular complexity index is 1210. The van der Waals surface area contributed by atoms with Crippen LogP contribution in [0.1, 0.15) is 49.0 Å². The first-order valence-electron chi connectivity index (χ1n) is 11.1. The van der Waals surface area contributed by atoms with Crippen molar-refractivity contribution in [3.63, 3.8) is 0 Å². The van der Waals surface area contributed by atoms with Gasteiger partial charge in [0.05, 0.1) is 16.6 Å². The lowest BCUT2D eigenvalue weighted by Gasteiger charge is -2.18. The number of aromatic nitrogens is 1. The molecule has 8 heteroatoms. The van der Waals surface area contributed by atoms with Crippen LogP contribution in [0, 0.1) is 17.6 Å². The molecule has 0 fully saturated rings. The van der Waals surface area contributed by atoms with Crippen LogP contribution in [0.5, 0.6) is 0 Å². The third kappa shape index (κ3) is 5.32. The van der Waals surface area contributed by atoms with Gasteiger partial charge in [0.2, 0.25) is 5.43 Å². The molecule has 0 amide bonds. The number of halogens is 2.